The molecule has 2 N–H and O–H groups in total. The molecule has 1 aliphatic heterocycles. The predicted octanol–water partition coefficient (Wildman–Crippen LogP) is 2.78. The van der Waals surface area contributed by atoms with Gasteiger partial charge in [-0.3, -0.25) is 9.69 Å². The minimum atomic E-state index is -0.105. The van der Waals surface area contributed by atoms with E-state index in [2.05, 4.69) is 10.2 Å². The highest BCUT2D eigenvalue weighted by molar-refractivity contribution is 5.93. The lowest BCUT2D eigenvalue weighted by molar-refractivity contribution is -0.119. The SMILES string of the molecule is COc1ccc(NC(=O)C2CCN(C3CCCCC3)C2)cc1CO. The molecule has 1 saturated heterocycles. The molecule has 1 aliphatic carbocycles. The van der Waals surface area contributed by atoms with Gasteiger partial charge in [0.25, 0.3) is 0 Å². The van der Waals surface area contributed by atoms with Gasteiger partial charge < -0.3 is 15.2 Å². The number of carbonyl (C=O) groups is 1. The van der Waals surface area contributed by atoms with Crippen molar-refractivity contribution in [2.45, 2.75) is 51.2 Å². The van der Waals surface area contributed by atoms with Crippen molar-refractivity contribution in [2.75, 3.05) is 25.5 Å². The van der Waals surface area contributed by atoms with E-state index in [9.17, 15) is 9.90 Å². The molecular formula is C19H28N2O3. The Morgan fingerprint density at radius 3 is 2.79 bits per heavy atom. The van der Waals surface area contributed by atoms with E-state index in [0.29, 0.717) is 17.4 Å². The molecule has 1 aromatic rings. The number of nitrogens with zero attached hydrogens (tertiary/aromatic N) is 1. The van der Waals surface area contributed by atoms with Gasteiger partial charge in [0, 0.05) is 23.8 Å². The van der Waals surface area contributed by atoms with E-state index in [0.717, 1.165) is 25.2 Å². The minimum Gasteiger partial charge on any atom is -0.496 e. The van der Waals surface area contributed by atoms with E-state index >= 15 is 0 Å². The molecule has 1 saturated carbocycles. The lowest BCUT2D eigenvalue weighted by Crippen LogP contribution is -2.36. The molecule has 0 aromatic heterocycles. The van der Waals surface area contributed by atoms with E-state index < -0.39 is 0 Å². The van der Waals surface area contributed by atoms with Gasteiger partial charge in [0.2, 0.25) is 5.91 Å². The first-order valence-electron chi connectivity index (χ1n) is 9.04. The van der Waals surface area contributed by atoms with Gasteiger partial charge in [0.1, 0.15) is 5.75 Å². The topological polar surface area (TPSA) is 61.8 Å². The quantitative estimate of drug-likeness (QED) is 0.870. The summed E-state index contributed by atoms with van der Waals surface area (Å²) in [4.78, 5) is 15.1. The molecule has 1 heterocycles. The van der Waals surface area contributed by atoms with Crippen LogP contribution in [0.2, 0.25) is 0 Å². The van der Waals surface area contributed by atoms with Crippen LogP contribution in [0, 0.1) is 5.92 Å². The number of carbonyl (C=O) groups excluding carboxylic acids is 1. The van der Waals surface area contributed by atoms with Crippen molar-refractivity contribution in [3.05, 3.63) is 23.8 Å². The number of methoxy groups -OCH3 is 1. The maximum absolute atomic E-state index is 12.6. The van der Waals surface area contributed by atoms with Gasteiger partial charge in [-0.1, -0.05) is 19.3 Å². The second kappa shape index (κ2) is 7.99. The second-order valence-electron chi connectivity index (χ2n) is 6.95. The number of hydrogen-bond donors (Lipinski definition) is 2. The Balaban J connectivity index is 1.57. The summed E-state index contributed by atoms with van der Waals surface area (Å²) in [5.74, 6) is 0.786. The predicted molar refractivity (Wildman–Crippen MR) is 94.1 cm³/mol. The third kappa shape index (κ3) is 3.90. The Morgan fingerprint density at radius 2 is 2.08 bits per heavy atom. The molecule has 2 aliphatic rings. The van der Waals surface area contributed by atoms with Gasteiger partial charge in [0.15, 0.2) is 0 Å². The molecule has 1 aromatic carbocycles. The van der Waals surface area contributed by atoms with Crippen LogP contribution in [0.15, 0.2) is 18.2 Å². The van der Waals surface area contributed by atoms with E-state index in [1.165, 1.54) is 32.1 Å². The summed E-state index contributed by atoms with van der Waals surface area (Å²) in [7, 11) is 1.57. The average Bonchev–Trinajstić information content (AvgIpc) is 3.12. The highest BCUT2D eigenvalue weighted by atomic mass is 16.5. The van der Waals surface area contributed by atoms with Crippen molar-refractivity contribution < 1.29 is 14.6 Å². The van der Waals surface area contributed by atoms with Crippen molar-refractivity contribution >= 4 is 11.6 Å². The van der Waals surface area contributed by atoms with Crippen LogP contribution in [0.3, 0.4) is 0 Å². The van der Waals surface area contributed by atoms with Crippen LogP contribution < -0.4 is 10.1 Å². The second-order valence-corrected chi connectivity index (χ2v) is 6.95. The van der Waals surface area contributed by atoms with Crippen LogP contribution in [0.1, 0.15) is 44.1 Å². The first-order valence-corrected chi connectivity index (χ1v) is 9.04. The number of nitrogens with one attached hydrogen (secondary N) is 1. The molecule has 24 heavy (non-hydrogen) atoms. The van der Waals surface area contributed by atoms with Crippen molar-refractivity contribution in [1.82, 2.24) is 4.90 Å². The zero-order chi connectivity index (χ0) is 16.9. The van der Waals surface area contributed by atoms with Gasteiger partial charge in [0.05, 0.1) is 19.6 Å². The first kappa shape index (κ1) is 17.2. The number of ether oxygens (including phenoxy) is 1. The van der Waals surface area contributed by atoms with E-state index in [1.807, 2.05) is 6.07 Å². The highest BCUT2D eigenvalue weighted by Crippen LogP contribution is 2.29. The fourth-order valence-corrected chi connectivity index (χ4v) is 4.00. The largest absolute Gasteiger partial charge is 0.496 e. The number of hydrogen-bond acceptors (Lipinski definition) is 4. The lowest BCUT2D eigenvalue weighted by Gasteiger charge is -2.30. The summed E-state index contributed by atoms with van der Waals surface area (Å²) in [5, 5.41) is 12.4. The van der Waals surface area contributed by atoms with Gasteiger partial charge in [-0.25, -0.2) is 0 Å². The highest BCUT2D eigenvalue weighted by Gasteiger charge is 2.32. The van der Waals surface area contributed by atoms with E-state index in [1.54, 1.807) is 19.2 Å². The minimum absolute atomic E-state index is 0.0617. The van der Waals surface area contributed by atoms with Crippen LogP contribution in [0.4, 0.5) is 5.69 Å². The van der Waals surface area contributed by atoms with Crippen LogP contribution in [0.5, 0.6) is 5.75 Å². The Hall–Kier alpha value is -1.59. The number of rotatable bonds is 5. The summed E-state index contributed by atoms with van der Waals surface area (Å²) in [6, 6.07) is 6.07. The maximum Gasteiger partial charge on any atom is 0.228 e. The first-order chi connectivity index (χ1) is 11.7. The van der Waals surface area contributed by atoms with Crippen molar-refractivity contribution in [1.29, 1.82) is 0 Å². The Kier molecular flexibility index (Phi) is 5.74. The summed E-state index contributed by atoms with van der Waals surface area (Å²) >= 11 is 0. The molecule has 1 unspecified atom stereocenters. The number of likely N-dealkylation sites (tertiary alicyclic amines) is 1. The summed E-state index contributed by atoms with van der Waals surface area (Å²) in [6.45, 7) is 1.80. The number of aliphatic hydroxyl groups excluding tert-OH is 1. The average molecular weight is 332 g/mol. The van der Waals surface area contributed by atoms with Crippen LogP contribution in [-0.4, -0.2) is 42.2 Å². The van der Waals surface area contributed by atoms with Crippen LogP contribution in [0.25, 0.3) is 0 Å². The molecule has 0 radical (unpaired) electrons. The Morgan fingerprint density at radius 1 is 1.29 bits per heavy atom. The molecule has 0 bridgehead atoms. The Labute approximate surface area is 144 Å². The smallest absolute Gasteiger partial charge is 0.228 e. The molecule has 132 valence electrons. The lowest BCUT2D eigenvalue weighted by atomic mass is 9.94. The number of aliphatic hydroxyl groups is 1. The molecule has 3 rings (SSSR count). The fourth-order valence-electron chi connectivity index (χ4n) is 4.00. The summed E-state index contributed by atoms with van der Waals surface area (Å²) < 4.78 is 5.20. The number of amides is 1. The van der Waals surface area contributed by atoms with Crippen molar-refractivity contribution in [3.63, 3.8) is 0 Å². The van der Waals surface area contributed by atoms with E-state index in [4.69, 9.17) is 4.74 Å². The molecule has 1 amide bonds. The number of benzene rings is 1. The standard InChI is InChI=1S/C19H28N2O3/c1-24-18-8-7-16(11-15(18)13-22)20-19(23)14-9-10-21(12-14)17-5-3-2-4-6-17/h7-8,11,14,17,22H,2-6,9-10,12-13H2,1H3,(H,20,23). The number of anilines is 1. The Bertz CT molecular complexity index is 570. The monoisotopic (exact) mass is 332 g/mol. The third-order valence-electron chi connectivity index (χ3n) is 5.40. The normalized spacial score (nSPS) is 22.5. The summed E-state index contributed by atoms with van der Waals surface area (Å²) in [6.07, 6.45) is 7.52. The van der Waals surface area contributed by atoms with E-state index in [-0.39, 0.29) is 18.4 Å². The van der Waals surface area contributed by atoms with Gasteiger partial charge in [-0.15, -0.1) is 0 Å². The molecule has 2 fully saturated rings. The molecular weight excluding hydrogens is 304 g/mol. The molecule has 5 heteroatoms. The van der Waals surface area contributed by atoms with Crippen molar-refractivity contribution in [3.8, 4) is 5.75 Å². The molecule has 0 spiro atoms. The molecule has 5 nitrogen and oxygen atoms in total. The van der Waals surface area contributed by atoms with Gasteiger partial charge >= 0.3 is 0 Å². The van der Waals surface area contributed by atoms with Crippen LogP contribution >= 0.6 is 0 Å². The molecule has 1 atom stereocenters. The zero-order valence-corrected chi connectivity index (χ0v) is 14.5. The summed E-state index contributed by atoms with van der Waals surface area (Å²) in [5.41, 5.74) is 1.41. The fraction of sp³-hybridized carbons (Fsp3) is 0.632. The maximum atomic E-state index is 12.6. The van der Waals surface area contributed by atoms with Gasteiger partial charge in [-0.2, -0.15) is 0 Å². The van der Waals surface area contributed by atoms with Gasteiger partial charge in [-0.05, 0) is 44.0 Å². The van der Waals surface area contributed by atoms with Crippen molar-refractivity contribution in [2.24, 2.45) is 5.92 Å². The third-order valence-corrected chi connectivity index (χ3v) is 5.40. The zero-order valence-electron chi connectivity index (χ0n) is 14.5. The van der Waals surface area contributed by atoms with Crippen LogP contribution in [-0.2, 0) is 11.4 Å².